The first kappa shape index (κ1) is 18.4. The fourth-order valence-electron chi connectivity index (χ4n) is 2.94. The number of aryl methyl sites for hydroxylation is 1. The summed E-state index contributed by atoms with van der Waals surface area (Å²) >= 11 is 0. The molecule has 0 aliphatic carbocycles. The van der Waals surface area contributed by atoms with Crippen molar-refractivity contribution in [3.63, 3.8) is 0 Å². The van der Waals surface area contributed by atoms with E-state index < -0.39 is 11.9 Å². The van der Waals surface area contributed by atoms with Gasteiger partial charge >= 0.3 is 11.9 Å². The molecule has 0 amide bonds. The van der Waals surface area contributed by atoms with Crippen LogP contribution in [-0.4, -0.2) is 28.6 Å². The molecule has 0 fully saturated rings. The van der Waals surface area contributed by atoms with Crippen LogP contribution in [0, 0.1) is 0 Å². The minimum absolute atomic E-state index is 0.158. The Kier molecular flexibility index (Phi) is 5.35. The molecule has 138 valence electrons. The van der Waals surface area contributed by atoms with Crippen LogP contribution in [0.5, 0.6) is 0 Å². The van der Waals surface area contributed by atoms with Gasteiger partial charge in [0.25, 0.3) is 0 Å². The molecule has 6 heteroatoms. The summed E-state index contributed by atoms with van der Waals surface area (Å²) in [6.07, 6.45) is 2.31. The monoisotopic (exact) mass is 364 g/mol. The second kappa shape index (κ2) is 7.86. The Bertz CT molecular complexity index is 1010. The van der Waals surface area contributed by atoms with Crippen LogP contribution in [0.2, 0.25) is 0 Å². The molecule has 6 nitrogen and oxygen atoms in total. The van der Waals surface area contributed by atoms with E-state index in [0.29, 0.717) is 16.9 Å². The number of carboxylic acids is 1. The Morgan fingerprint density at radius 3 is 2.63 bits per heavy atom. The number of nitrogens with zero attached hydrogens (tertiary/aromatic N) is 1. The second-order valence-corrected chi connectivity index (χ2v) is 5.95. The van der Waals surface area contributed by atoms with E-state index in [-0.39, 0.29) is 12.2 Å². The molecule has 0 bridgehead atoms. The number of benzene rings is 2. The van der Waals surface area contributed by atoms with Crippen LogP contribution >= 0.6 is 0 Å². The number of carbonyl (C=O) groups excluding carboxylic acids is 1. The van der Waals surface area contributed by atoms with Crippen molar-refractivity contribution < 1.29 is 19.4 Å². The van der Waals surface area contributed by atoms with Gasteiger partial charge in [0.15, 0.2) is 0 Å². The molecule has 0 unspecified atom stereocenters. The average molecular weight is 364 g/mol. The number of hydrogen-bond donors (Lipinski definition) is 2. The minimum Gasteiger partial charge on any atom is -0.478 e. The summed E-state index contributed by atoms with van der Waals surface area (Å²) in [5.41, 5.74) is 3.44. The van der Waals surface area contributed by atoms with Gasteiger partial charge in [-0.1, -0.05) is 31.2 Å². The average Bonchev–Trinajstić information content (AvgIpc) is 2.68. The maximum atomic E-state index is 12.4. The highest BCUT2D eigenvalue weighted by Crippen LogP contribution is 2.31. The van der Waals surface area contributed by atoms with Crippen molar-refractivity contribution in [3.05, 3.63) is 65.4 Å². The number of aromatic nitrogens is 1. The van der Waals surface area contributed by atoms with E-state index in [9.17, 15) is 14.7 Å². The molecule has 1 aromatic heterocycles. The van der Waals surface area contributed by atoms with Crippen LogP contribution in [-0.2, 0) is 11.2 Å². The molecule has 27 heavy (non-hydrogen) atoms. The second-order valence-electron chi connectivity index (χ2n) is 5.95. The van der Waals surface area contributed by atoms with Crippen molar-refractivity contribution >= 4 is 34.2 Å². The molecule has 0 aliphatic rings. The fourth-order valence-corrected chi connectivity index (χ4v) is 2.94. The van der Waals surface area contributed by atoms with Gasteiger partial charge in [-0.15, -0.1) is 0 Å². The molecule has 2 N–H and O–H groups in total. The minimum atomic E-state index is -1.02. The molecule has 0 saturated carbocycles. The summed E-state index contributed by atoms with van der Waals surface area (Å²) in [5, 5.41) is 13.2. The number of rotatable bonds is 6. The molecule has 3 rings (SSSR count). The third-order valence-corrected chi connectivity index (χ3v) is 4.24. The van der Waals surface area contributed by atoms with Gasteiger partial charge in [-0.3, -0.25) is 4.98 Å². The molecule has 0 saturated heterocycles. The van der Waals surface area contributed by atoms with Gasteiger partial charge in [0.2, 0.25) is 0 Å². The zero-order chi connectivity index (χ0) is 19.4. The fraction of sp³-hybridized carbons (Fsp3) is 0.190. The predicted molar refractivity (Wildman–Crippen MR) is 104 cm³/mol. The van der Waals surface area contributed by atoms with Gasteiger partial charge in [0.05, 0.1) is 23.4 Å². The van der Waals surface area contributed by atoms with Crippen molar-refractivity contribution in [2.45, 2.75) is 20.3 Å². The topological polar surface area (TPSA) is 88.5 Å². The van der Waals surface area contributed by atoms with E-state index in [1.165, 1.54) is 18.3 Å². The summed E-state index contributed by atoms with van der Waals surface area (Å²) < 4.78 is 5.16. The van der Waals surface area contributed by atoms with Crippen molar-refractivity contribution in [2.24, 2.45) is 0 Å². The van der Waals surface area contributed by atoms with E-state index in [2.05, 4.69) is 10.3 Å². The normalized spacial score (nSPS) is 10.6. The predicted octanol–water partition coefficient (Wildman–Crippen LogP) is 4.42. The van der Waals surface area contributed by atoms with Crippen molar-refractivity contribution in [3.8, 4) is 0 Å². The van der Waals surface area contributed by atoms with E-state index in [1.807, 2.05) is 25.1 Å². The molecule has 0 aliphatic heterocycles. The summed E-state index contributed by atoms with van der Waals surface area (Å²) in [5.74, 6) is -1.50. The molecular formula is C21H20N2O4. The molecule has 3 aromatic rings. The number of nitrogens with one attached hydrogen (secondary N) is 1. The lowest BCUT2D eigenvalue weighted by Crippen LogP contribution is -2.10. The highest BCUT2D eigenvalue weighted by Gasteiger charge is 2.18. The standard InChI is InChI=1S/C21H20N2O4/c1-3-13-7-6-10-16-18(13)22-12-17(21(26)27-4-2)19(16)23-15-9-5-8-14(11-15)20(24)25/h5-12H,3-4H2,1-2H3,(H,22,23)(H,24,25). The van der Waals surface area contributed by atoms with Gasteiger partial charge in [0, 0.05) is 17.3 Å². The van der Waals surface area contributed by atoms with Crippen molar-refractivity contribution in [1.82, 2.24) is 4.98 Å². The maximum Gasteiger partial charge on any atom is 0.341 e. The molecule has 0 spiro atoms. The molecule has 0 atom stereocenters. The number of carbonyl (C=O) groups is 2. The summed E-state index contributed by atoms with van der Waals surface area (Å²) in [6, 6.07) is 12.2. The van der Waals surface area contributed by atoms with E-state index in [1.54, 1.807) is 19.1 Å². The van der Waals surface area contributed by atoms with E-state index >= 15 is 0 Å². The summed E-state index contributed by atoms with van der Waals surface area (Å²) in [6.45, 7) is 4.03. The quantitative estimate of drug-likeness (QED) is 0.630. The molecular weight excluding hydrogens is 344 g/mol. The highest BCUT2D eigenvalue weighted by molar-refractivity contribution is 6.06. The number of para-hydroxylation sites is 1. The Balaban J connectivity index is 2.18. The van der Waals surface area contributed by atoms with Crippen LogP contribution < -0.4 is 5.32 Å². The molecule has 0 radical (unpaired) electrons. The SMILES string of the molecule is CCOC(=O)c1cnc2c(CC)cccc2c1Nc1cccc(C(=O)O)c1. The number of anilines is 2. The molecule has 1 heterocycles. The first-order chi connectivity index (χ1) is 13.0. The number of aromatic carboxylic acids is 1. The third-order valence-electron chi connectivity index (χ3n) is 4.24. The van der Waals surface area contributed by atoms with E-state index in [4.69, 9.17) is 4.74 Å². The number of carboxylic acid groups (broad SMARTS) is 1. The highest BCUT2D eigenvalue weighted by atomic mass is 16.5. The van der Waals surface area contributed by atoms with Crippen molar-refractivity contribution in [1.29, 1.82) is 0 Å². The van der Waals surface area contributed by atoms with Crippen LogP contribution in [0.25, 0.3) is 10.9 Å². The number of fused-ring (bicyclic) bond motifs is 1. The van der Waals surface area contributed by atoms with E-state index in [0.717, 1.165) is 22.9 Å². The van der Waals surface area contributed by atoms with Crippen LogP contribution in [0.1, 0.15) is 40.1 Å². The number of pyridine rings is 1. The largest absolute Gasteiger partial charge is 0.478 e. The lowest BCUT2D eigenvalue weighted by Gasteiger charge is -2.15. The number of esters is 1. The van der Waals surface area contributed by atoms with Crippen LogP contribution in [0.15, 0.2) is 48.7 Å². The zero-order valence-electron chi connectivity index (χ0n) is 15.2. The first-order valence-corrected chi connectivity index (χ1v) is 8.73. The summed E-state index contributed by atoms with van der Waals surface area (Å²) in [4.78, 5) is 28.2. The van der Waals surface area contributed by atoms with Gasteiger partial charge in [-0.25, -0.2) is 9.59 Å². The van der Waals surface area contributed by atoms with Gasteiger partial charge in [-0.05, 0) is 37.1 Å². The Morgan fingerprint density at radius 1 is 1.15 bits per heavy atom. The number of ether oxygens (including phenoxy) is 1. The van der Waals surface area contributed by atoms with Crippen molar-refractivity contribution in [2.75, 3.05) is 11.9 Å². The number of hydrogen-bond acceptors (Lipinski definition) is 5. The lowest BCUT2D eigenvalue weighted by molar-refractivity contribution is 0.0526. The Morgan fingerprint density at radius 2 is 1.93 bits per heavy atom. The Hall–Kier alpha value is -3.41. The smallest absolute Gasteiger partial charge is 0.341 e. The van der Waals surface area contributed by atoms with Gasteiger partial charge in [-0.2, -0.15) is 0 Å². The zero-order valence-corrected chi connectivity index (χ0v) is 15.2. The van der Waals surface area contributed by atoms with Crippen LogP contribution in [0.4, 0.5) is 11.4 Å². The first-order valence-electron chi connectivity index (χ1n) is 8.73. The molecule has 2 aromatic carbocycles. The lowest BCUT2D eigenvalue weighted by atomic mass is 10.0. The Labute approximate surface area is 156 Å². The summed E-state index contributed by atoms with van der Waals surface area (Å²) in [7, 11) is 0. The third kappa shape index (κ3) is 3.74. The van der Waals surface area contributed by atoms with Gasteiger partial charge in [0.1, 0.15) is 5.56 Å². The maximum absolute atomic E-state index is 12.4. The van der Waals surface area contributed by atoms with Crippen LogP contribution in [0.3, 0.4) is 0 Å². The van der Waals surface area contributed by atoms with Gasteiger partial charge < -0.3 is 15.2 Å².